The molecule has 1 fully saturated rings. The van der Waals surface area contributed by atoms with Gasteiger partial charge in [0.1, 0.15) is 5.69 Å². The molecule has 1 aliphatic rings. The number of likely N-dealkylation sites (N-methyl/N-ethyl adjacent to an activating group) is 1. The monoisotopic (exact) mass is 436 g/mol. The molecule has 1 saturated heterocycles. The second-order valence-corrected chi connectivity index (χ2v) is 9.85. The Kier molecular flexibility index (Phi) is 6.74. The second-order valence-electron chi connectivity index (χ2n) is 7.91. The fraction of sp³-hybridized carbons (Fsp3) is 0.526. The lowest BCUT2D eigenvalue weighted by molar-refractivity contribution is -0.384. The van der Waals surface area contributed by atoms with Crippen LogP contribution in [-0.4, -0.2) is 65.6 Å². The van der Waals surface area contributed by atoms with Crippen LogP contribution in [0.25, 0.3) is 0 Å². The third-order valence-electron chi connectivity index (χ3n) is 5.10. The number of hydrogen-bond acceptors (Lipinski definition) is 7. The molecule has 1 N–H and O–H groups in total. The zero-order chi connectivity index (χ0) is 21.9. The van der Waals surface area contributed by atoms with Gasteiger partial charge in [-0.3, -0.25) is 14.8 Å². The average molecular weight is 437 g/mol. The second kappa shape index (κ2) is 9.11. The molecular weight excluding hydrogens is 408 g/mol. The van der Waals surface area contributed by atoms with Crippen LogP contribution in [0.15, 0.2) is 35.4 Å². The summed E-state index contributed by atoms with van der Waals surface area (Å²) in [5.74, 6) is 1.01. The van der Waals surface area contributed by atoms with Crippen molar-refractivity contribution >= 4 is 27.2 Å². The van der Waals surface area contributed by atoms with Gasteiger partial charge in [0, 0.05) is 51.1 Å². The van der Waals surface area contributed by atoms with Crippen LogP contribution in [-0.2, 0) is 16.6 Å². The Balaban J connectivity index is 1.81. The third-order valence-corrected chi connectivity index (χ3v) is 7.00. The number of nitrogens with zero attached hydrogens (tertiary/aromatic N) is 5. The molecule has 1 aromatic carbocycles. The van der Waals surface area contributed by atoms with Crippen LogP contribution in [0.4, 0.5) is 17.2 Å². The number of aromatic nitrogens is 2. The largest absolute Gasteiger partial charge is 0.333 e. The molecule has 10 nitrogen and oxygen atoms in total. The molecule has 1 aliphatic heterocycles. The van der Waals surface area contributed by atoms with Crippen LogP contribution >= 0.6 is 0 Å². The third kappa shape index (κ3) is 5.15. The van der Waals surface area contributed by atoms with Gasteiger partial charge in [-0.05, 0) is 31.5 Å². The Labute approximate surface area is 176 Å². The van der Waals surface area contributed by atoms with E-state index in [0.29, 0.717) is 37.9 Å². The first-order valence-electron chi connectivity index (χ1n) is 9.94. The number of nitrogens with one attached hydrogen (secondary N) is 1. The van der Waals surface area contributed by atoms with Crippen LogP contribution < -0.4 is 5.32 Å². The maximum Gasteiger partial charge on any atom is 0.294 e. The van der Waals surface area contributed by atoms with Crippen molar-refractivity contribution in [1.29, 1.82) is 0 Å². The predicted octanol–water partition coefficient (Wildman–Crippen LogP) is 2.52. The van der Waals surface area contributed by atoms with Crippen molar-refractivity contribution in [2.75, 3.05) is 38.5 Å². The zero-order valence-electron chi connectivity index (χ0n) is 17.5. The maximum atomic E-state index is 12.9. The Bertz CT molecular complexity index is 996. The summed E-state index contributed by atoms with van der Waals surface area (Å²) in [7, 11) is -1.86. The van der Waals surface area contributed by atoms with Crippen molar-refractivity contribution in [3.8, 4) is 0 Å². The number of sulfonamides is 1. The Morgan fingerprint density at radius 3 is 2.53 bits per heavy atom. The van der Waals surface area contributed by atoms with Crippen molar-refractivity contribution in [3.05, 3.63) is 40.6 Å². The number of anilines is 2. The maximum absolute atomic E-state index is 12.9. The van der Waals surface area contributed by atoms with E-state index in [9.17, 15) is 18.5 Å². The highest BCUT2D eigenvalue weighted by Crippen LogP contribution is 2.31. The van der Waals surface area contributed by atoms with Crippen molar-refractivity contribution < 1.29 is 13.3 Å². The molecule has 0 spiro atoms. The SMILES string of the molecule is CC(C)CCn1ccc(Nc2ccc(S(=O)(=O)N3CCN(C)CC3)cc2[N+](=O)[O-])n1. The van der Waals surface area contributed by atoms with E-state index >= 15 is 0 Å². The van der Waals surface area contributed by atoms with Gasteiger partial charge in [-0.25, -0.2) is 8.42 Å². The van der Waals surface area contributed by atoms with Gasteiger partial charge < -0.3 is 10.2 Å². The summed E-state index contributed by atoms with van der Waals surface area (Å²) in [6, 6.07) is 5.68. The molecular formula is C19H28N6O4S. The summed E-state index contributed by atoms with van der Waals surface area (Å²) in [4.78, 5) is 13.0. The van der Waals surface area contributed by atoms with Crippen LogP contribution in [0.3, 0.4) is 0 Å². The van der Waals surface area contributed by atoms with Gasteiger partial charge in [-0.15, -0.1) is 0 Å². The number of nitro benzene ring substituents is 1. The molecule has 164 valence electrons. The first kappa shape index (κ1) is 22.2. The fourth-order valence-electron chi connectivity index (χ4n) is 3.19. The highest BCUT2D eigenvalue weighted by atomic mass is 32.2. The van der Waals surface area contributed by atoms with E-state index in [2.05, 4.69) is 24.3 Å². The average Bonchev–Trinajstić information content (AvgIpc) is 3.14. The van der Waals surface area contributed by atoms with E-state index < -0.39 is 14.9 Å². The van der Waals surface area contributed by atoms with Gasteiger partial charge in [0.15, 0.2) is 5.82 Å². The van der Waals surface area contributed by atoms with Gasteiger partial charge in [0.05, 0.1) is 9.82 Å². The molecule has 0 atom stereocenters. The predicted molar refractivity (Wildman–Crippen MR) is 114 cm³/mol. The first-order chi connectivity index (χ1) is 14.2. The van der Waals surface area contributed by atoms with Crippen LogP contribution in [0.2, 0.25) is 0 Å². The van der Waals surface area contributed by atoms with Crippen LogP contribution in [0, 0.1) is 16.0 Å². The Hall–Kier alpha value is -2.50. The van der Waals surface area contributed by atoms with E-state index in [0.717, 1.165) is 19.0 Å². The summed E-state index contributed by atoms with van der Waals surface area (Å²) in [6.07, 6.45) is 2.78. The molecule has 3 rings (SSSR count). The molecule has 2 aromatic rings. The minimum Gasteiger partial charge on any atom is -0.333 e. The minimum atomic E-state index is -3.79. The van der Waals surface area contributed by atoms with Crippen LogP contribution in [0.5, 0.6) is 0 Å². The summed E-state index contributed by atoms with van der Waals surface area (Å²) in [5.41, 5.74) is -0.103. The van der Waals surface area contributed by atoms with E-state index in [4.69, 9.17) is 0 Å². The van der Waals surface area contributed by atoms with E-state index in [1.165, 1.54) is 16.4 Å². The molecule has 0 amide bonds. The molecule has 0 bridgehead atoms. The van der Waals surface area contributed by atoms with Gasteiger partial charge in [0.25, 0.3) is 5.69 Å². The van der Waals surface area contributed by atoms with E-state index in [1.54, 1.807) is 10.7 Å². The summed E-state index contributed by atoms with van der Waals surface area (Å²) in [6.45, 7) is 6.99. The number of nitro groups is 1. The lowest BCUT2D eigenvalue weighted by Gasteiger charge is -2.31. The molecule has 11 heteroatoms. The number of aryl methyl sites for hydroxylation is 1. The molecule has 0 unspecified atom stereocenters. The van der Waals surface area contributed by atoms with Crippen molar-refractivity contribution in [2.24, 2.45) is 5.92 Å². The normalized spacial score (nSPS) is 16.1. The molecule has 30 heavy (non-hydrogen) atoms. The van der Waals surface area contributed by atoms with Gasteiger partial charge in [-0.1, -0.05) is 13.8 Å². The van der Waals surface area contributed by atoms with E-state index in [1.807, 2.05) is 18.1 Å². The van der Waals surface area contributed by atoms with E-state index in [-0.39, 0.29) is 16.3 Å². The lowest BCUT2D eigenvalue weighted by atomic mass is 10.1. The number of piperazine rings is 1. The smallest absolute Gasteiger partial charge is 0.294 e. The van der Waals surface area contributed by atoms with Crippen molar-refractivity contribution in [1.82, 2.24) is 19.0 Å². The fourth-order valence-corrected chi connectivity index (χ4v) is 4.63. The first-order valence-corrected chi connectivity index (χ1v) is 11.4. The van der Waals surface area contributed by atoms with Gasteiger partial charge in [0.2, 0.25) is 10.0 Å². The van der Waals surface area contributed by atoms with Crippen molar-refractivity contribution in [3.63, 3.8) is 0 Å². The minimum absolute atomic E-state index is 0.0771. The molecule has 0 saturated carbocycles. The van der Waals surface area contributed by atoms with Crippen LogP contribution in [0.1, 0.15) is 20.3 Å². The highest BCUT2D eigenvalue weighted by molar-refractivity contribution is 7.89. The van der Waals surface area contributed by atoms with Gasteiger partial charge in [-0.2, -0.15) is 9.40 Å². The molecule has 0 radical (unpaired) electrons. The Morgan fingerprint density at radius 2 is 1.90 bits per heavy atom. The Morgan fingerprint density at radius 1 is 1.20 bits per heavy atom. The summed E-state index contributed by atoms with van der Waals surface area (Å²) < 4.78 is 29.0. The molecule has 2 heterocycles. The quantitative estimate of drug-likeness (QED) is 0.499. The lowest BCUT2D eigenvalue weighted by Crippen LogP contribution is -2.47. The van der Waals surface area contributed by atoms with Gasteiger partial charge >= 0.3 is 0 Å². The topological polar surface area (TPSA) is 114 Å². The standard InChI is InChI=1S/C19H28N6O4S/c1-15(2)6-8-23-9-7-19(21-23)20-17-5-4-16(14-18(17)25(26)27)30(28,29)24-12-10-22(3)11-13-24/h4-5,7,9,14-15H,6,8,10-13H2,1-3H3,(H,20,21). The highest BCUT2D eigenvalue weighted by Gasteiger charge is 2.29. The molecule has 1 aromatic heterocycles. The number of hydrogen-bond donors (Lipinski definition) is 1. The summed E-state index contributed by atoms with van der Waals surface area (Å²) in [5, 5.41) is 18.9. The molecule has 0 aliphatic carbocycles. The zero-order valence-corrected chi connectivity index (χ0v) is 18.3. The van der Waals surface area contributed by atoms with Crippen molar-refractivity contribution in [2.45, 2.75) is 31.7 Å². The number of benzene rings is 1. The number of rotatable bonds is 8. The summed E-state index contributed by atoms with van der Waals surface area (Å²) >= 11 is 0.